The molecule has 1 amide bonds. The molecule has 1 saturated heterocycles. The van der Waals surface area contributed by atoms with Crippen LogP contribution in [-0.2, 0) is 9.53 Å². The Morgan fingerprint density at radius 3 is 2.39 bits per heavy atom. The molecule has 2 atom stereocenters. The van der Waals surface area contributed by atoms with Crippen LogP contribution in [0.25, 0.3) is 0 Å². The van der Waals surface area contributed by atoms with Gasteiger partial charge in [0.15, 0.2) is 5.78 Å². The van der Waals surface area contributed by atoms with Crippen LogP contribution in [0.3, 0.4) is 0 Å². The standard InChI is InChI=1S/C22H25FN2O3/c1-15-13-25(14-16(2)28-15)20-9-8-18(12-19(20)23)24-22(27)11-10-21(26)17-6-4-3-5-7-17/h3-9,12,15-16H,10-11,13-14H2,1-2H3,(H,24,27)/t15-,16+. The molecule has 2 aromatic rings. The maximum absolute atomic E-state index is 14.6. The van der Waals surface area contributed by atoms with E-state index < -0.39 is 0 Å². The van der Waals surface area contributed by atoms with Gasteiger partial charge in [-0.3, -0.25) is 9.59 Å². The monoisotopic (exact) mass is 384 g/mol. The lowest BCUT2D eigenvalue weighted by Crippen LogP contribution is -2.45. The van der Waals surface area contributed by atoms with Gasteiger partial charge in [0.1, 0.15) is 5.82 Å². The number of carbonyl (C=O) groups excluding carboxylic acids is 2. The summed E-state index contributed by atoms with van der Waals surface area (Å²) in [6.07, 6.45) is 0.226. The molecule has 1 N–H and O–H groups in total. The van der Waals surface area contributed by atoms with E-state index in [-0.39, 0.29) is 42.6 Å². The van der Waals surface area contributed by atoms with Crippen molar-refractivity contribution in [1.29, 1.82) is 0 Å². The van der Waals surface area contributed by atoms with Crippen molar-refractivity contribution in [2.45, 2.75) is 38.9 Å². The molecule has 0 aliphatic carbocycles. The smallest absolute Gasteiger partial charge is 0.224 e. The lowest BCUT2D eigenvalue weighted by molar-refractivity contribution is -0.116. The van der Waals surface area contributed by atoms with E-state index in [0.717, 1.165) is 0 Å². The van der Waals surface area contributed by atoms with Gasteiger partial charge in [0.2, 0.25) is 5.91 Å². The summed E-state index contributed by atoms with van der Waals surface area (Å²) in [5, 5.41) is 2.66. The van der Waals surface area contributed by atoms with E-state index >= 15 is 0 Å². The molecule has 0 spiro atoms. The third-order valence-corrected chi connectivity index (χ3v) is 4.67. The van der Waals surface area contributed by atoms with E-state index in [1.54, 1.807) is 36.4 Å². The lowest BCUT2D eigenvalue weighted by atomic mass is 10.1. The van der Waals surface area contributed by atoms with Crippen molar-refractivity contribution in [1.82, 2.24) is 0 Å². The molecule has 0 unspecified atom stereocenters. The molecule has 28 heavy (non-hydrogen) atoms. The molecular formula is C22H25FN2O3. The number of morpholine rings is 1. The Labute approximate surface area is 164 Å². The molecule has 3 rings (SSSR count). The molecule has 1 heterocycles. The van der Waals surface area contributed by atoms with Crippen LogP contribution in [0.15, 0.2) is 48.5 Å². The Kier molecular flexibility index (Phi) is 6.41. The Morgan fingerprint density at radius 2 is 1.75 bits per heavy atom. The van der Waals surface area contributed by atoms with E-state index in [1.807, 2.05) is 24.8 Å². The predicted octanol–water partition coefficient (Wildman–Crippen LogP) is 4.04. The highest BCUT2D eigenvalue weighted by atomic mass is 19.1. The zero-order valence-electron chi connectivity index (χ0n) is 16.2. The highest BCUT2D eigenvalue weighted by Crippen LogP contribution is 2.26. The number of nitrogens with zero attached hydrogens (tertiary/aromatic N) is 1. The van der Waals surface area contributed by atoms with Crippen LogP contribution in [0.4, 0.5) is 15.8 Å². The summed E-state index contributed by atoms with van der Waals surface area (Å²) in [6.45, 7) is 5.17. The Bertz CT molecular complexity index is 831. The first kappa shape index (κ1) is 20.0. The first-order valence-corrected chi connectivity index (χ1v) is 9.50. The Hall–Kier alpha value is -2.73. The van der Waals surface area contributed by atoms with Crippen molar-refractivity contribution < 1.29 is 18.7 Å². The van der Waals surface area contributed by atoms with Crippen LogP contribution in [-0.4, -0.2) is 37.0 Å². The fourth-order valence-corrected chi connectivity index (χ4v) is 3.43. The van der Waals surface area contributed by atoms with Gasteiger partial charge >= 0.3 is 0 Å². The summed E-state index contributed by atoms with van der Waals surface area (Å²) < 4.78 is 20.3. The van der Waals surface area contributed by atoms with E-state index in [4.69, 9.17) is 4.74 Å². The number of benzene rings is 2. The molecule has 0 bridgehead atoms. The first-order chi connectivity index (χ1) is 13.4. The van der Waals surface area contributed by atoms with Crippen LogP contribution in [0, 0.1) is 5.82 Å². The number of anilines is 2. The van der Waals surface area contributed by atoms with Gasteiger partial charge in [-0.15, -0.1) is 0 Å². The third kappa shape index (κ3) is 5.16. The van der Waals surface area contributed by atoms with E-state index in [1.165, 1.54) is 6.07 Å². The van der Waals surface area contributed by atoms with Crippen LogP contribution >= 0.6 is 0 Å². The van der Waals surface area contributed by atoms with Crippen LogP contribution in [0.5, 0.6) is 0 Å². The van der Waals surface area contributed by atoms with Gasteiger partial charge < -0.3 is 15.0 Å². The zero-order chi connectivity index (χ0) is 20.1. The number of Topliss-reactive ketones (excluding diaryl/α,β-unsaturated/α-hetero) is 1. The van der Waals surface area contributed by atoms with Crippen LogP contribution in [0.2, 0.25) is 0 Å². The van der Waals surface area contributed by atoms with Gasteiger partial charge in [-0.2, -0.15) is 0 Å². The molecule has 2 aromatic carbocycles. The minimum absolute atomic E-state index is 0.0321. The first-order valence-electron chi connectivity index (χ1n) is 9.50. The second-order valence-electron chi connectivity index (χ2n) is 7.17. The summed E-state index contributed by atoms with van der Waals surface area (Å²) in [6, 6.07) is 13.5. The van der Waals surface area contributed by atoms with Crippen LogP contribution < -0.4 is 10.2 Å². The molecule has 1 fully saturated rings. The largest absolute Gasteiger partial charge is 0.372 e. The average Bonchev–Trinajstić information content (AvgIpc) is 2.66. The Balaban J connectivity index is 1.56. The molecule has 148 valence electrons. The maximum atomic E-state index is 14.6. The quantitative estimate of drug-likeness (QED) is 0.764. The predicted molar refractivity (Wildman–Crippen MR) is 107 cm³/mol. The van der Waals surface area contributed by atoms with E-state index in [2.05, 4.69) is 5.32 Å². The fourth-order valence-electron chi connectivity index (χ4n) is 3.43. The average molecular weight is 384 g/mol. The van der Waals surface area contributed by atoms with Crippen molar-refractivity contribution in [2.24, 2.45) is 0 Å². The number of hydrogen-bond donors (Lipinski definition) is 1. The van der Waals surface area contributed by atoms with Crippen LogP contribution in [0.1, 0.15) is 37.0 Å². The van der Waals surface area contributed by atoms with Gasteiger partial charge in [0.05, 0.1) is 17.9 Å². The minimum Gasteiger partial charge on any atom is -0.372 e. The van der Waals surface area contributed by atoms with Crippen molar-refractivity contribution in [3.8, 4) is 0 Å². The van der Waals surface area contributed by atoms with Crippen molar-refractivity contribution in [2.75, 3.05) is 23.3 Å². The van der Waals surface area contributed by atoms with Gasteiger partial charge in [0, 0.05) is 37.2 Å². The molecule has 6 heteroatoms. The summed E-state index contributed by atoms with van der Waals surface area (Å²) in [5.41, 5.74) is 1.46. The topological polar surface area (TPSA) is 58.6 Å². The number of nitrogens with one attached hydrogen (secondary N) is 1. The SMILES string of the molecule is C[C@@H]1CN(c2ccc(NC(=O)CCC(=O)c3ccccc3)cc2F)C[C@H](C)O1. The lowest BCUT2D eigenvalue weighted by Gasteiger charge is -2.37. The number of rotatable bonds is 6. The summed E-state index contributed by atoms with van der Waals surface area (Å²) in [7, 11) is 0. The normalized spacial score (nSPS) is 19.3. The third-order valence-electron chi connectivity index (χ3n) is 4.67. The van der Waals surface area contributed by atoms with Crippen molar-refractivity contribution in [3.63, 3.8) is 0 Å². The summed E-state index contributed by atoms with van der Waals surface area (Å²) in [4.78, 5) is 26.1. The number of ketones is 1. The number of amides is 1. The Morgan fingerprint density at radius 1 is 1.07 bits per heavy atom. The highest BCUT2D eigenvalue weighted by Gasteiger charge is 2.24. The van der Waals surface area contributed by atoms with Gasteiger partial charge in [-0.1, -0.05) is 30.3 Å². The van der Waals surface area contributed by atoms with Gasteiger partial charge in [0.25, 0.3) is 0 Å². The molecule has 5 nitrogen and oxygen atoms in total. The maximum Gasteiger partial charge on any atom is 0.224 e. The molecule has 1 aliphatic heterocycles. The number of hydrogen-bond acceptors (Lipinski definition) is 4. The number of ether oxygens (including phenoxy) is 1. The van der Waals surface area contributed by atoms with Gasteiger partial charge in [-0.25, -0.2) is 4.39 Å². The number of carbonyl (C=O) groups is 2. The molecule has 1 aliphatic rings. The fraction of sp³-hybridized carbons (Fsp3) is 0.364. The summed E-state index contributed by atoms with van der Waals surface area (Å²) >= 11 is 0. The van der Waals surface area contributed by atoms with Crippen molar-refractivity contribution in [3.05, 3.63) is 59.9 Å². The zero-order valence-corrected chi connectivity index (χ0v) is 16.2. The van der Waals surface area contributed by atoms with Crippen molar-refractivity contribution >= 4 is 23.1 Å². The molecule has 0 aromatic heterocycles. The molecular weight excluding hydrogens is 359 g/mol. The molecule has 0 radical (unpaired) electrons. The highest BCUT2D eigenvalue weighted by molar-refractivity contribution is 6.00. The second kappa shape index (κ2) is 8.97. The van der Waals surface area contributed by atoms with Gasteiger partial charge in [-0.05, 0) is 32.0 Å². The number of halogens is 1. The van der Waals surface area contributed by atoms with E-state index in [0.29, 0.717) is 30.0 Å². The second-order valence-corrected chi connectivity index (χ2v) is 7.17. The van der Waals surface area contributed by atoms with E-state index in [9.17, 15) is 14.0 Å². The minimum atomic E-state index is -0.389. The molecule has 0 saturated carbocycles. The summed E-state index contributed by atoms with van der Waals surface area (Å²) in [5.74, 6) is -0.794.